The van der Waals surface area contributed by atoms with Gasteiger partial charge in [-0.05, 0) is 42.4 Å². The highest BCUT2D eigenvalue weighted by Crippen LogP contribution is 2.46. The summed E-state index contributed by atoms with van der Waals surface area (Å²) in [6, 6.07) is 17.1. The summed E-state index contributed by atoms with van der Waals surface area (Å²) in [5, 5.41) is 6.92. The fourth-order valence-corrected chi connectivity index (χ4v) is 3.91. The van der Waals surface area contributed by atoms with E-state index in [9.17, 15) is 0 Å². The van der Waals surface area contributed by atoms with Crippen molar-refractivity contribution < 1.29 is 9.47 Å². The van der Waals surface area contributed by atoms with E-state index in [-0.39, 0.29) is 30.1 Å². The molecular formula is C24H32IN3O2. The second-order valence-corrected chi connectivity index (χ2v) is 8.03. The highest BCUT2D eigenvalue weighted by atomic mass is 127. The van der Waals surface area contributed by atoms with Crippen LogP contribution < -0.4 is 15.4 Å². The maximum absolute atomic E-state index is 6.20. The molecule has 3 atom stereocenters. The van der Waals surface area contributed by atoms with Crippen molar-refractivity contribution in [3.05, 3.63) is 65.2 Å². The van der Waals surface area contributed by atoms with Crippen molar-refractivity contribution >= 4 is 29.9 Å². The molecule has 2 aromatic rings. The smallest absolute Gasteiger partial charge is 0.191 e. The lowest BCUT2D eigenvalue weighted by molar-refractivity contribution is 0.140. The molecule has 2 fully saturated rings. The number of nitrogens with one attached hydrogen (secondary N) is 2. The lowest BCUT2D eigenvalue weighted by atomic mass is 10.1. The number of hydrogen-bond acceptors (Lipinski definition) is 3. The minimum Gasteiger partial charge on any atom is -0.488 e. The van der Waals surface area contributed by atoms with Gasteiger partial charge in [-0.15, -0.1) is 24.0 Å². The van der Waals surface area contributed by atoms with Gasteiger partial charge in [-0.1, -0.05) is 42.5 Å². The first kappa shape index (κ1) is 22.9. The molecule has 1 saturated carbocycles. The summed E-state index contributed by atoms with van der Waals surface area (Å²) >= 11 is 0. The first-order chi connectivity index (χ1) is 14.2. The number of aryl methyl sites for hydroxylation is 1. The van der Waals surface area contributed by atoms with Crippen molar-refractivity contribution in [1.82, 2.24) is 10.6 Å². The lowest BCUT2D eigenvalue weighted by Crippen LogP contribution is -2.38. The van der Waals surface area contributed by atoms with E-state index in [4.69, 9.17) is 9.47 Å². The minimum atomic E-state index is 0. The van der Waals surface area contributed by atoms with Gasteiger partial charge in [0, 0.05) is 32.1 Å². The predicted molar refractivity (Wildman–Crippen MR) is 132 cm³/mol. The van der Waals surface area contributed by atoms with Crippen LogP contribution in [0.25, 0.3) is 0 Å². The molecule has 5 nitrogen and oxygen atoms in total. The monoisotopic (exact) mass is 521 g/mol. The van der Waals surface area contributed by atoms with E-state index in [1.165, 1.54) is 17.5 Å². The van der Waals surface area contributed by atoms with Gasteiger partial charge in [-0.2, -0.15) is 0 Å². The van der Waals surface area contributed by atoms with Crippen LogP contribution in [0.4, 0.5) is 0 Å². The summed E-state index contributed by atoms with van der Waals surface area (Å²) in [6.45, 7) is 5.17. The summed E-state index contributed by atoms with van der Waals surface area (Å²) in [5.74, 6) is 3.12. The summed E-state index contributed by atoms with van der Waals surface area (Å²) in [5.41, 5.74) is 3.78. The summed E-state index contributed by atoms with van der Waals surface area (Å²) in [6.07, 6.45) is 2.35. The maximum atomic E-state index is 6.20. The third-order valence-corrected chi connectivity index (χ3v) is 5.76. The Bertz CT molecular complexity index is 838. The van der Waals surface area contributed by atoms with Gasteiger partial charge in [0.15, 0.2) is 5.96 Å². The van der Waals surface area contributed by atoms with Crippen molar-refractivity contribution in [1.29, 1.82) is 0 Å². The number of benzene rings is 2. The third kappa shape index (κ3) is 6.11. The van der Waals surface area contributed by atoms with Crippen molar-refractivity contribution in [3.63, 3.8) is 0 Å². The second kappa shape index (κ2) is 11.0. The normalized spacial score (nSPS) is 22.9. The van der Waals surface area contributed by atoms with E-state index in [0.29, 0.717) is 25.0 Å². The highest BCUT2D eigenvalue weighted by Gasteiger charge is 2.37. The quantitative estimate of drug-likeness (QED) is 0.325. The van der Waals surface area contributed by atoms with Gasteiger partial charge in [0.05, 0.1) is 13.2 Å². The van der Waals surface area contributed by atoms with Gasteiger partial charge in [-0.3, -0.25) is 4.99 Å². The molecular weight excluding hydrogens is 489 g/mol. The van der Waals surface area contributed by atoms with E-state index in [0.717, 1.165) is 36.8 Å². The lowest BCUT2D eigenvalue weighted by Gasteiger charge is -2.18. The fraction of sp³-hybridized carbons (Fsp3) is 0.458. The Morgan fingerprint density at radius 2 is 2.00 bits per heavy atom. The SMILES string of the molecule is CN=C(NCc1ccc(C)cc1OC1CCOC1)NCC1CC1c1ccccc1.I. The first-order valence-corrected chi connectivity index (χ1v) is 10.6. The number of nitrogens with zero attached hydrogens (tertiary/aromatic N) is 1. The van der Waals surface area contributed by atoms with Crippen LogP contribution in [0.5, 0.6) is 5.75 Å². The number of halogens is 1. The Morgan fingerprint density at radius 3 is 2.73 bits per heavy atom. The molecule has 2 N–H and O–H groups in total. The van der Waals surface area contributed by atoms with E-state index >= 15 is 0 Å². The molecule has 0 spiro atoms. The van der Waals surface area contributed by atoms with Gasteiger partial charge < -0.3 is 20.1 Å². The number of rotatable bonds is 7. The van der Waals surface area contributed by atoms with Crippen molar-refractivity contribution in [2.24, 2.45) is 10.9 Å². The van der Waals surface area contributed by atoms with Crippen LogP contribution in [0.3, 0.4) is 0 Å². The molecule has 0 aromatic heterocycles. The van der Waals surface area contributed by atoms with Crippen molar-refractivity contribution in [2.75, 3.05) is 26.8 Å². The Hall–Kier alpha value is -1.80. The minimum absolute atomic E-state index is 0. The Kier molecular flexibility index (Phi) is 8.39. The van der Waals surface area contributed by atoms with E-state index < -0.39 is 0 Å². The van der Waals surface area contributed by atoms with Crippen molar-refractivity contribution in [2.45, 2.75) is 38.3 Å². The largest absolute Gasteiger partial charge is 0.488 e. The zero-order chi connectivity index (χ0) is 20.1. The molecule has 30 heavy (non-hydrogen) atoms. The van der Waals surface area contributed by atoms with Crippen LogP contribution in [-0.2, 0) is 11.3 Å². The molecule has 6 heteroatoms. The number of aliphatic imine (C=N–C) groups is 1. The second-order valence-electron chi connectivity index (χ2n) is 8.03. The molecule has 3 unspecified atom stereocenters. The zero-order valence-electron chi connectivity index (χ0n) is 17.8. The standard InChI is InChI=1S/C24H31N3O2.HI/c1-17-8-9-19(23(12-17)29-21-10-11-28-16-21)14-26-24(25-2)27-15-20-13-22(20)18-6-4-3-5-7-18;/h3-9,12,20-22H,10-11,13-16H2,1-2H3,(H2,25,26,27);1H. The number of hydrogen-bond donors (Lipinski definition) is 2. The van der Waals surface area contributed by atoms with Crippen LogP contribution in [0.15, 0.2) is 53.5 Å². The molecule has 0 amide bonds. The summed E-state index contributed by atoms with van der Waals surface area (Å²) in [7, 11) is 1.82. The number of guanidine groups is 1. The highest BCUT2D eigenvalue weighted by molar-refractivity contribution is 14.0. The predicted octanol–water partition coefficient (Wildman–Crippen LogP) is 4.25. The van der Waals surface area contributed by atoms with E-state index in [1.807, 2.05) is 7.05 Å². The Morgan fingerprint density at radius 1 is 1.17 bits per heavy atom. The molecule has 0 bridgehead atoms. The van der Waals surface area contributed by atoms with Gasteiger partial charge in [0.25, 0.3) is 0 Å². The average molecular weight is 521 g/mol. The summed E-state index contributed by atoms with van der Waals surface area (Å²) in [4.78, 5) is 4.38. The van der Waals surface area contributed by atoms with Crippen LogP contribution in [0.1, 0.15) is 35.4 Å². The van der Waals surface area contributed by atoms with Gasteiger partial charge in [-0.25, -0.2) is 0 Å². The average Bonchev–Trinajstić information content (AvgIpc) is 3.35. The van der Waals surface area contributed by atoms with E-state index in [2.05, 4.69) is 71.1 Å². The molecule has 4 rings (SSSR count). The third-order valence-electron chi connectivity index (χ3n) is 5.76. The first-order valence-electron chi connectivity index (χ1n) is 10.6. The molecule has 0 radical (unpaired) electrons. The fourth-order valence-electron chi connectivity index (χ4n) is 3.91. The molecule has 1 aliphatic carbocycles. The molecule has 2 aliphatic rings. The zero-order valence-corrected chi connectivity index (χ0v) is 20.1. The summed E-state index contributed by atoms with van der Waals surface area (Å²) < 4.78 is 11.6. The Labute approximate surface area is 196 Å². The van der Waals surface area contributed by atoms with Crippen LogP contribution in [0, 0.1) is 12.8 Å². The Balaban J connectivity index is 0.00000256. The molecule has 2 aromatic carbocycles. The number of ether oxygens (including phenoxy) is 2. The van der Waals surface area contributed by atoms with Gasteiger partial charge in [0.1, 0.15) is 11.9 Å². The molecule has 1 aliphatic heterocycles. The maximum Gasteiger partial charge on any atom is 0.191 e. The van der Waals surface area contributed by atoms with E-state index in [1.54, 1.807) is 0 Å². The van der Waals surface area contributed by atoms with Crippen molar-refractivity contribution in [3.8, 4) is 5.75 Å². The topological polar surface area (TPSA) is 54.9 Å². The van der Waals surface area contributed by atoms with Gasteiger partial charge in [0.2, 0.25) is 0 Å². The van der Waals surface area contributed by atoms with Crippen LogP contribution >= 0.6 is 24.0 Å². The molecule has 1 saturated heterocycles. The molecule has 1 heterocycles. The molecule has 162 valence electrons. The van der Waals surface area contributed by atoms with Crippen LogP contribution in [0.2, 0.25) is 0 Å². The van der Waals surface area contributed by atoms with Gasteiger partial charge >= 0.3 is 0 Å². The van der Waals surface area contributed by atoms with Crippen LogP contribution in [-0.4, -0.2) is 38.9 Å².